The number of likely N-dealkylation sites (tertiary alicyclic amines) is 1. The predicted molar refractivity (Wildman–Crippen MR) is 169 cm³/mol. The van der Waals surface area contributed by atoms with Gasteiger partial charge in [0.1, 0.15) is 6.04 Å². The Morgan fingerprint density at radius 2 is 1.83 bits per heavy atom. The molecule has 42 heavy (non-hydrogen) atoms. The van der Waals surface area contributed by atoms with E-state index in [1.54, 1.807) is 27.6 Å². The number of unbranched alkanes of at least 4 members (excludes halogenated alkanes) is 5. The number of allylic oxidation sites excluding steroid dienone is 1. The van der Waals surface area contributed by atoms with E-state index in [2.05, 4.69) is 20.1 Å². The molecule has 1 N–H and O–H groups in total. The Labute approximate surface area is 255 Å². The Kier molecular flexibility index (Phi) is 11.0. The standard InChI is InChI=1S/C34H48N2O5S/c1-6-8-9-14-21-41-33(40)27-26-22-25(5)34(42-26)28(27)31(38)36(19-12-10-11-13-20-37)30(34)32(39)35(18-7-2)29-23(3)16-15-17-24(29)4/h6-7,15-17,25-28,30,37H,1-2,8-14,18-22H2,3-5H3/t25?,26-,27+,28-,30?,34?/m0/s1. The highest BCUT2D eigenvalue weighted by molar-refractivity contribution is 8.02. The molecule has 0 aromatic heterocycles. The predicted octanol–water partition coefficient (Wildman–Crippen LogP) is 5.61. The molecule has 3 unspecified atom stereocenters. The van der Waals surface area contributed by atoms with E-state index in [1.807, 2.05) is 38.1 Å². The van der Waals surface area contributed by atoms with Crippen LogP contribution in [0.3, 0.4) is 0 Å². The van der Waals surface area contributed by atoms with E-state index < -0.39 is 22.6 Å². The largest absolute Gasteiger partial charge is 0.465 e. The number of benzene rings is 1. The summed E-state index contributed by atoms with van der Waals surface area (Å²) in [5.41, 5.74) is 2.85. The minimum absolute atomic E-state index is 0.0373. The van der Waals surface area contributed by atoms with Gasteiger partial charge in [-0.1, -0.05) is 50.1 Å². The number of ether oxygens (including phenoxy) is 1. The third-order valence-electron chi connectivity index (χ3n) is 9.39. The number of hydrogen-bond donors (Lipinski definition) is 1. The van der Waals surface area contributed by atoms with Gasteiger partial charge in [0, 0.05) is 30.6 Å². The number of hydrogen-bond acceptors (Lipinski definition) is 6. The first-order chi connectivity index (χ1) is 20.2. The van der Waals surface area contributed by atoms with Gasteiger partial charge >= 0.3 is 5.97 Å². The quantitative estimate of drug-likeness (QED) is 0.152. The number of esters is 1. The zero-order valence-electron chi connectivity index (χ0n) is 25.6. The molecule has 3 heterocycles. The van der Waals surface area contributed by atoms with Crippen LogP contribution in [0, 0.1) is 31.6 Å². The molecule has 1 spiro atoms. The second-order valence-corrected chi connectivity index (χ2v) is 13.7. The van der Waals surface area contributed by atoms with Gasteiger partial charge in [-0.15, -0.1) is 24.9 Å². The molecule has 0 aliphatic carbocycles. The molecule has 2 amide bonds. The first-order valence-electron chi connectivity index (χ1n) is 15.6. The summed E-state index contributed by atoms with van der Waals surface area (Å²) < 4.78 is 5.08. The SMILES string of the molecule is C=CCCCCOC(=O)[C@@H]1[C@@H]2CC(C)C3(S2)C(C(=O)N(CC=C)c2c(C)cccc2C)N(CCCCCCO)C(=O)[C@H]13. The fourth-order valence-electron chi connectivity index (χ4n) is 7.51. The van der Waals surface area contributed by atoms with Crippen molar-refractivity contribution >= 4 is 35.2 Å². The molecule has 1 aromatic rings. The van der Waals surface area contributed by atoms with Crippen molar-refractivity contribution in [1.82, 2.24) is 4.90 Å². The molecule has 0 radical (unpaired) electrons. The van der Waals surface area contributed by atoms with Gasteiger partial charge < -0.3 is 19.6 Å². The third kappa shape index (κ3) is 5.94. The number of anilines is 1. The van der Waals surface area contributed by atoms with Crippen molar-refractivity contribution in [3.05, 3.63) is 54.6 Å². The number of aryl methyl sites for hydroxylation is 2. The van der Waals surface area contributed by atoms with Gasteiger partial charge in [-0.05, 0) is 69.4 Å². The van der Waals surface area contributed by atoms with E-state index in [9.17, 15) is 19.5 Å². The number of amides is 2. The molecule has 3 aliphatic heterocycles. The lowest BCUT2D eigenvalue weighted by Crippen LogP contribution is -2.57. The van der Waals surface area contributed by atoms with Crippen LogP contribution in [0.1, 0.15) is 69.4 Å². The van der Waals surface area contributed by atoms with E-state index in [0.29, 0.717) is 19.7 Å². The monoisotopic (exact) mass is 596 g/mol. The van der Waals surface area contributed by atoms with Gasteiger partial charge in [0.2, 0.25) is 5.91 Å². The number of rotatable bonds is 16. The highest BCUT2D eigenvalue weighted by Gasteiger charge is 2.76. The highest BCUT2D eigenvalue weighted by atomic mass is 32.2. The summed E-state index contributed by atoms with van der Waals surface area (Å²) >= 11 is 1.69. The van der Waals surface area contributed by atoms with Crippen molar-refractivity contribution in [2.75, 3.05) is 31.2 Å². The maximum absolute atomic E-state index is 14.9. The lowest BCUT2D eigenvalue weighted by molar-refractivity contribution is -0.154. The number of aliphatic hydroxyl groups excluding tert-OH is 1. The van der Waals surface area contributed by atoms with Crippen LogP contribution < -0.4 is 4.90 Å². The van der Waals surface area contributed by atoms with Crippen LogP contribution in [-0.4, -0.2) is 70.1 Å². The summed E-state index contributed by atoms with van der Waals surface area (Å²) in [6.07, 6.45) is 10.1. The average Bonchev–Trinajstić information content (AvgIpc) is 3.55. The van der Waals surface area contributed by atoms with E-state index in [0.717, 1.165) is 68.2 Å². The van der Waals surface area contributed by atoms with Crippen LogP contribution in [0.2, 0.25) is 0 Å². The minimum atomic E-state index is -0.688. The first-order valence-corrected chi connectivity index (χ1v) is 16.5. The van der Waals surface area contributed by atoms with Gasteiger partial charge in [-0.3, -0.25) is 14.4 Å². The Morgan fingerprint density at radius 1 is 1.12 bits per heavy atom. The minimum Gasteiger partial charge on any atom is -0.465 e. The molecule has 6 atom stereocenters. The van der Waals surface area contributed by atoms with Crippen molar-refractivity contribution in [3.8, 4) is 0 Å². The molecule has 2 bridgehead atoms. The van der Waals surface area contributed by atoms with Crippen LogP contribution in [0.5, 0.6) is 0 Å². The summed E-state index contributed by atoms with van der Waals surface area (Å²) in [4.78, 5) is 46.4. The summed E-state index contributed by atoms with van der Waals surface area (Å²) in [5.74, 6) is -1.52. The summed E-state index contributed by atoms with van der Waals surface area (Å²) in [5, 5.41) is 9.18. The third-order valence-corrected chi connectivity index (χ3v) is 11.5. The van der Waals surface area contributed by atoms with Crippen molar-refractivity contribution in [2.24, 2.45) is 17.8 Å². The van der Waals surface area contributed by atoms with Gasteiger partial charge in [0.15, 0.2) is 0 Å². The molecule has 0 saturated carbocycles. The zero-order valence-corrected chi connectivity index (χ0v) is 26.4. The maximum atomic E-state index is 14.9. The molecular formula is C34H48N2O5S. The second-order valence-electron chi connectivity index (χ2n) is 12.2. The van der Waals surface area contributed by atoms with Gasteiger partial charge in [-0.25, -0.2) is 0 Å². The van der Waals surface area contributed by atoms with E-state index >= 15 is 0 Å². The molecule has 7 nitrogen and oxygen atoms in total. The molecule has 8 heteroatoms. The molecule has 230 valence electrons. The first kappa shape index (κ1) is 32.3. The fourth-order valence-corrected chi connectivity index (χ4v) is 9.92. The number of aliphatic hydroxyl groups is 1. The van der Waals surface area contributed by atoms with Gasteiger partial charge in [0.25, 0.3) is 5.91 Å². The lowest BCUT2D eigenvalue weighted by atomic mass is 9.66. The van der Waals surface area contributed by atoms with Crippen LogP contribution in [-0.2, 0) is 19.1 Å². The number of para-hydroxylation sites is 1. The number of fused-ring (bicyclic) bond motifs is 1. The summed E-state index contributed by atoms with van der Waals surface area (Å²) in [6.45, 7) is 15.1. The van der Waals surface area contributed by atoms with Crippen LogP contribution >= 0.6 is 11.8 Å². The topological polar surface area (TPSA) is 87.2 Å². The Bertz CT molecular complexity index is 1150. The maximum Gasteiger partial charge on any atom is 0.310 e. The fraction of sp³-hybridized carbons (Fsp3) is 0.618. The summed E-state index contributed by atoms with van der Waals surface area (Å²) in [7, 11) is 0. The van der Waals surface area contributed by atoms with Crippen molar-refractivity contribution in [3.63, 3.8) is 0 Å². The van der Waals surface area contributed by atoms with E-state index in [1.165, 1.54) is 0 Å². The number of carbonyl (C=O) groups is 3. The van der Waals surface area contributed by atoms with E-state index in [4.69, 9.17) is 4.74 Å². The number of carbonyl (C=O) groups excluding carboxylic acids is 3. The molecule has 4 rings (SSSR count). The number of nitrogens with zero attached hydrogens (tertiary/aromatic N) is 2. The Balaban J connectivity index is 1.70. The van der Waals surface area contributed by atoms with Crippen molar-refractivity contribution in [2.45, 2.75) is 88.2 Å². The summed E-state index contributed by atoms with van der Waals surface area (Å²) in [6, 6.07) is 5.32. The molecular weight excluding hydrogens is 548 g/mol. The average molecular weight is 597 g/mol. The van der Waals surface area contributed by atoms with Gasteiger partial charge in [0.05, 0.1) is 23.2 Å². The molecule has 3 aliphatic rings. The van der Waals surface area contributed by atoms with E-state index in [-0.39, 0.29) is 35.6 Å². The molecule has 1 aromatic carbocycles. The zero-order chi connectivity index (χ0) is 30.4. The van der Waals surface area contributed by atoms with Crippen LogP contribution in [0.25, 0.3) is 0 Å². The Hall–Kier alpha value is -2.58. The van der Waals surface area contributed by atoms with Gasteiger partial charge in [-0.2, -0.15) is 0 Å². The highest BCUT2D eigenvalue weighted by Crippen LogP contribution is 2.69. The molecule has 3 fully saturated rings. The van der Waals surface area contributed by atoms with Crippen LogP contribution in [0.4, 0.5) is 5.69 Å². The van der Waals surface area contributed by atoms with Crippen LogP contribution in [0.15, 0.2) is 43.5 Å². The number of thioether (sulfide) groups is 1. The van der Waals surface area contributed by atoms with Crippen molar-refractivity contribution in [1.29, 1.82) is 0 Å². The Morgan fingerprint density at radius 3 is 2.50 bits per heavy atom. The lowest BCUT2D eigenvalue weighted by Gasteiger charge is -2.41. The molecule has 3 saturated heterocycles. The normalized spacial score (nSPS) is 27.7. The smallest absolute Gasteiger partial charge is 0.310 e. The second kappa shape index (κ2) is 14.3. The van der Waals surface area contributed by atoms with Crippen molar-refractivity contribution < 1.29 is 24.2 Å².